The summed E-state index contributed by atoms with van der Waals surface area (Å²) in [6.45, 7) is 3.13. The first-order valence-electron chi connectivity index (χ1n) is 6.97. The maximum absolute atomic E-state index is 11.5. The maximum atomic E-state index is 11.5. The van der Waals surface area contributed by atoms with E-state index in [-0.39, 0.29) is 11.6 Å². The average Bonchev–Trinajstić information content (AvgIpc) is 2.45. The number of benzene rings is 1. The Hall–Kier alpha value is -2.04. The van der Waals surface area contributed by atoms with Gasteiger partial charge in [0.05, 0.1) is 5.56 Å². The summed E-state index contributed by atoms with van der Waals surface area (Å²) in [5.41, 5.74) is 0.996. The van der Waals surface area contributed by atoms with Crippen LogP contribution in [0.4, 0.5) is 4.79 Å². The smallest absolute Gasteiger partial charge is 0.335 e. The number of amides is 2. The number of carboxylic acids is 1. The Bertz CT molecular complexity index is 446. The van der Waals surface area contributed by atoms with Gasteiger partial charge >= 0.3 is 12.0 Å². The predicted molar refractivity (Wildman–Crippen MR) is 77.8 cm³/mol. The van der Waals surface area contributed by atoms with Crippen molar-refractivity contribution in [1.82, 2.24) is 10.6 Å². The molecule has 0 aliphatic heterocycles. The van der Waals surface area contributed by atoms with E-state index in [4.69, 9.17) is 5.11 Å². The highest BCUT2D eigenvalue weighted by Crippen LogP contribution is 2.05. The monoisotopic (exact) mass is 278 g/mol. The molecule has 0 atom stereocenters. The summed E-state index contributed by atoms with van der Waals surface area (Å²) in [7, 11) is 0. The number of aromatic carboxylic acids is 1. The van der Waals surface area contributed by atoms with Crippen LogP contribution in [-0.4, -0.2) is 23.7 Å². The first-order valence-corrected chi connectivity index (χ1v) is 6.97. The van der Waals surface area contributed by atoms with Crippen molar-refractivity contribution in [3.63, 3.8) is 0 Å². The summed E-state index contributed by atoms with van der Waals surface area (Å²) in [6, 6.07) is 6.32. The van der Waals surface area contributed by atoms with Gasteiger partial charge in [-0.15, -0.1) is 0 Å². The number of unbranched alkanes of at least 4 members (excludes halogenated alkanes) is 3. The fourth-order valence-electron chi connectivity index (χ4n) is 1.81. The van der Waals surface area contributed by atoms with E-state index in [1.54, 1.807) is 18.2 Å². The number of carboxylic acid groups (broad SMARTS) is 1. The number of rotatable bonds is 8. The highest BCUT2D eigenvalue weighted by atomic mass is 16.4. The molecule has 0 heterocycles. The molecule has 0 aliphatic rings. The molecule has 1 aromatic carbocycles. The first kappa shape index (κ1) is 16.0. The second-order valence-electron chi connectivity index (χ2n) is 4.68. The van der Waals surface area contributed by atoms with Crippen molar-refractivity contribution in [3.05, 3.63) is 35.4 Å². The Labute approximate surface area is 119 Å². The Morgan fingerprint density at radius 1 is 1.15 bits per heavy atom. The summed E-state index contributed by atoms with van der Waals surface area (Å²) in [5, 5.41) is 14.4. The second-order valence-corrected chi connectivity index (χ2v) is 4.68. The van der Waals surface area contributed by atoms with Gasteiger partial charge in [-0.25, -0.2) is 9.59 Å². The van der Waals surface area contributed by atoms with Crippen LogP contribution in [-0.2, 0) is 6.54 Å². The molecule has 5 nitrogen and oxygen atoms in total. The molecule has 0 spiro atoms. The molecule has 0 unspecified atom stereocenters. The van der Waals surface area contributed by atoms with Crippen molar-refractivity contribution < 1.29 is 14.7 Å². The van der Waals surface area contributed by atoms with Crippen LogP contribution in [0.15, 0.2) is 24.3 Å². The lowest BCUT2D eigenvalue weighted by molar-refractivity contribution is 0.0696. The fraction of sp³-hybridized carbons (Fsp3) is 0.467. The molecule has 1 rings (SSSR count). The molecular weight excluding hydrogens is 256 g/mol. The first-order chi connectivity index (χ1) is 9.63. The van der Waals surface area contributed by atoms with Crippen molar-refractivity contribution in [3.8, 4) is 0 Å². The van der Waals surface area contributed by atoms with Crippen LogP contribution in [0, 0.1) is 0 Å². The number of nitrogens with one attached hydrogen (secondary N) is 2. The van der Waals surface area contributed by atoms with Crippen LogP contribution in [0.3, 0.4) is 0 Å². The lowest BCUT2D eigenvalue weighted by atomic mass is 10.1. The molecule has 0 saturated carbocycles. The van der Waals surface area contributed by atoms with Crippen molar-refractivity contribution >= 4 is 12.0 Å². The number of hydrogen-bond acceptors (Lipinski definition) is 2. The van der Waals surface area contributed by atoms with Gasteiger partial charge < -0.3 is 15.7 Å². The van der Waals surface area contributed by atoms with E-state index >= 15 is 0 Å². The highest BCUT2D eigenvalue weighted by molar-refractivity contribution is 5.87. The van der Waals surface area contributed by atoms with Crippen LogP contribution in [0.1, 0.15) is 48.5 Å². The lowest BCUT2D eigenvalue weighted by Gasteiger charge is -2.08. The van der Waals surface area contributed by atoms with Gasteiger partial charge in [0.25, 0.3) is 0 Å². The minimum absolute atomic E-state index is 0.220. The van der Waals surface area contributed by atoms with Crippen molar-refractivity contribution in [2.45, 2.75) is 39.2 Å². The molecule has 5 heteroatoms. The molecule has 0 radical (unpaired) electrons. The van der Waals surface area contributed by atoms with Gasteiger partial charge in [-0.3, -0.25) is 0 Å². The Balaban J connectivity index is 2.27. The number of urea groups is 1. The zero-order valence-corrected chi connectivity index (χ0v) is 11.8. The molecule has 0 bridgehead atoms. The standard InChI is InChI=1S/C15H22N2O3/c1-2-3-4-5-9-16-15(20)17-11-12-7-6-8-13(10-12)14(18)19/h6-8,10H,2-5,9,11H2,1H3,(H,18,19)(H2,16,17,20). The molecule has 20 heavy (non-hydrogen) atoms. The average molecular weight is 278 g/mol. The van der Waals surface area contributed by atoms with Gasteiger partial charge in [-0.2, -0.15) is 0 Å². The summed E-state index contributed by atoms with van der Waals surface area (Å²) >= 11 is 0. The van der Waals surface area contributed by atoms with Crippen LogP contribution in [0.5, 0.6) is 0 Å². The molecule has 1 aromatic rings. The van der Waals surface area contributed by atoms with E-state index in [2.05, 4.69) is 17.6 Å². The van der Waals surface area contributed by atoms with E-state index in [0.717, 1.165) is 18.4 Å². The molecular formula is C15H22N2O3. The summed E-state index contributed by atoms with van der Waals surface area (Å²) in [5.74, 6) is -0.966. The third-order valence-electron chi connectivity index (χ3n) is 2.94. The van der Waals surface area contributed by atoms with Gasteiger partial charge in [-0.1, -0.05) is 38.3 Å². The van der Waals surface area contributed by atoms with Crippen LogP contribution >= 0.6 is 0 Å². The van der Waals surface area contributed by atoms with Crippen molar-refractivity contribution in [2.24, 2.45) is 0 Å². The Kier molecular flexibility index (Phi) is 7.17. The third-order valence-corrected chi connectivity index (χ3v) is 2.94. The van der Waals surface area contributed by atoms with E-state index in [9.17, 15) is 9.59 Å². The van der Waals surface area contributed by atoms with E-state index in [1.165, 1.54) is 18.9 Å². The minimum Gasteiger partial charge on any atom is -0.478 e. The highest BCUT2D eigenvalue weighted by Gasteiger charge is 2.04. The second kappa shape index (κ2) is 8.96. The van der Waals surface area contributed by atoms with Gasteiger partial charge in [0.15, 0.2) is 0 Å². The molecule has 110 valence electrons. The van der Waals surface area contributed by atoms with Gasteiger partial charge in [0.2, 0.25) is 0 Å². The van der Waals surface area contributed by atoms with Crippen molar-refractivity contribution in [1.29, 1.82) is 0 Å². The molecule has 0 saturated heterocycles. The summed E-state index contributed by atoms with van der Waals surface area (Å²) in [6.07, 6.45) is 4.46. The van der Waals surface area contributed by atoms with E-state index in [0.29, 0.717) is 13.1 Å². The summed E-state index contributed by atoms with van der Waals surface area (Å²) < 4.78 is 0. The molecule has 0 aliphatic carbocycles. The lowest BCUT2D eigenvalue weighted by Crippen LogP contribution is -2.35. The molecule has 2 amide bonds. The quantitative estimate of drug-likeness (QED) is 0.640. The number of hydrogen-bond donors (Lipinski definition) is 3. The normalized spacial score (nSPS) is 10.1. The zero-order chi connectivity index (χ0) is 14.8. The fourth-order valence-corrected chi connectivity index (χ4v) is 1.81. The molecule has 0 aromatic heterocycles. The van der Waals surface area contributed by atoms with Crippen LogP contribution in [0.25, 0.3) is 0 Å². The minimum atomic E-state index is -0.966. The predicted octanol–water partition coefficient (Wildman–Crippen LogP) is 2.76. The van der Waals surface area contributed by atoms with Gasteiger partial charge in [-0.05, 0) is 24.1 Å². The van der Waals surface area contributed by atoms with Crippen molar-refractivity contribution in [2.75, 3.05) is 6.54 Å². The van der Waals surface area contributed by atoms with Crippen LogP contribution in [0.2, 0.25) is 0 Å². The van der Waals surface area contributed by atoms with Crippen LogP contribution < -0.4 is 10.6 Å². The Morgan fingerprint density at radius 3 is 2.65 bits per heavy atom. The van der Waals surface area contributed by atoms with Gasteiger partial charge in [0.1, 0.15) is 0 Å². The third kappa shape index (κ3) is 6.22. The number of carbonyl (C=O) groups is 2. The molecule has 0 fully saturated rings. The SMILES string of the molecule is CCCCCCNC(=O)NCc1cccc(C(=O)O)c1. The Morgan fingerprint density at radius 2 is 1.95 bits per heavy atom. The van der Waals surface area contributed by atoms with E-state index in [1.807, 2.05) is 0 Å². The number of carbonyl (C=O) groups excluding carboxylic acids is 1. The zero-order valence-electron chi connectivity index (χ0n) is 11.8. The van der Waals surface area contributed by atoms with Gasteiger partial charge in [0, 0.05) is 13.1 Å². The topological polar surface area (TPSA) is 78.4 Å². The molecule has 3 N–H and O–H groups in total. The summed E-state index contributed by atoms with van der Waals surface area (Å²) in [4.78, 5) is 22.3. The maximum Gasteiger partial charge on any atom is 0.335 e. The van der Waals surface area contributed by atoms with E-state index < -0.39 is 5.97 Å². The largest absolute Gasteiger partial charge is 0.478 e.